The largest absolute Gasteiger partial charge is 0.464 e. The molecule has 0 bridgehead atoms. The quantitative estimate of drug-likeness (QED) is 0.682. The first kappa shape index (κ1) is 12.4. The van der Waals surface area contributed by atoms with Crippen molar-refractivity contribution in [1.29, 1.82) is 0 Å². The van der Waals surface area contributed by atoms with Crippen LogP contribution in [0.5, 0.6) is 0 Å². The van der Waals surface area contributed by atoms with E-state index in [0.717, 1.165) is 0 Å². The molecular weight excluding hydrogens is 166 g/mol. The summed E-state index contributed by atoms with van der Waals surface area (Å²) in [5.41, 5.74) is 5.48. The Hall–Kier alpha value is -0.570. The summed E-state index contributed by atoms with van der Waals surface area (Å²) in [5, 5.41) is 0. The predicted octanol–water partition coefficient (Wildman–Crippen LogP) is 1.56. The second-order valence-corrected chi connectivity index (χ2v) is 4.87. The molecule has 3 nitrogen and oxygen atoms in total. The standard InChI is InChI=1S/C10H21NO2/c1-7(2)6-13-9(12)8(11)10(3,4)5/h7-8H,6,11H2,1-5H3/t8-/m1/s1. The van der Waals surface area contributed by atoms with Crippen LogP contribution in [0.25, 0.3) is 0 Å². The number of hydrogen-bond acceptors (Lipinski definition) is 3. The summed E-state index contributed by atoms with van der Waals surface area (Å²) in [6.45, 7) is 10.2. The Labute approximate surface area is 80.6 Å². The van der Waals surface area contributed by atoms with E-state index in [0.29, 0.717) is 12.5 Å². The number of nitrogens with two attached hydrogens (primary N) is 1. The molecule has 0 spiro atoms. The lowest BCUT2D eigenvalue weighted by Gasteiger charge is -2.25. The third-order valence-corrected chi connectivity index (χ3v) is 1.75. The van der Waals surface area contributed by atoms with Crippen LogP contribution in [0.3, 0.4) is 0 Å². The second-order valence-electron chi connectivity index (χ2n) is 4.87. The van der Waals surface area contributed by atoms with Gasteiger partial charge in [0.2, 0.25) is 0 Å². The first-order valence-electron chi connectivity index (χ1n) is 4.67. The molecule has 3 heteroatoms. The minimum Gasteiger partial charge on any atom is -0.464 e. The van der Waals surface area contributed by atoms with Gasteiger partial charge in [0.15, 0.2) is 0 Å². The van der Waals surface area contributed by atoms with Crippen LogP contribution in [0.1, 0.15) is 34.6 Å². The molecule has 0 aromatic carbocycles. The van der Waals surface area contributed by atoms with Crippen LogP contribution in [0, 0.1) is 11.3 Å². The summed E-state index contributed by atoms with van der Waals surface area (Å²) in [6.07, 6.45) is 0. The van der Waals surface area contributed by atoms with E-state index in [9.17, 15) is 4.79 Å². The molecule has 0 amide bonds. The van der Waals surface area contributed by atoms with Gasteiger partial charge in [0.25, 0.3) is 0 Å². The Morgan fingerprint density at radius 1 is 1.38 bits per heavy atom. The van der Waals surface area contributed by atoms with E-state index < -0.39 is 6.04 Å². The average Bonchev–Trinajstić information content (AvgIpc) is 1.96. The molecule has 0 unspecified atom stereocenters. The summed E-state index contributed by atoms with van der Waals surface area (Å²) >= 11 is 0. The van der Waals surface area contributed by atoms with Gasteiger partial charge in [0, 0.05) is 0 Å². The number of carbonyl (C=O) groups is 1. The van der Waals surface area contributed by atoms with E-state index in [-0.39, 0.29) is 11.4 Å². The van der Waals surface area contributed by atoms with Crippen LogP contribution in [0.4, 0.5) is 0 Å². The van der Waals surface area contributed by atoms with Gasteiger partial charge in [-0.25, -0.2) is 0 Å². The Morgan fingerprint density at radius 2 is 1.85 bits per heavy atom. The van der Waals surface area contributed by atoms with Gasteiger partial charge >= 0.3 is 5.97 Å². The number of rotatable bonds is 3. The molecular formula is C10H21NO2. The maximum Gasteiger partial charge on any atom is 0.323 e. The lowest BCUT2D eigenvalue weighted by Crippen LogP contribution is -2.43. The average molecular weight is 187 g/mol. The molecule has 0 saturated heterocycles. The molecule has 0 aliphatic heterocycles. The Kier molecular flexibility index (Phi) is 4.40. The molecule has 0 aliphatic rings. The van der Waals surface area contributed by atoms with Crippen LogP contribution < -0.4 is 5.73 Å². The maximum atomic E-state index is 11.3. The topological polar surface area (TPSA) is 52.3 Å². The van der Waals surface area contributed by atoms with Crippen molar-refractivity contribution >= 4 is 5.97 Å². The summed E-state index contributed by atoms with van der Waals surface area (Å²) < 4.78 is 5.03. The zero-order chi connectivity index (χ0) is 10.6. The zero-order valence-electron chi connectivity index (χ0n) is 9.26. The first-order valence-corrected chi connectivity index (χ1v) is 4.67. The zero-order valence-corrected chi connectivity index (χ0v) is 9.26. The van der Waals surface area contributed by atoms with Crippen molar-refractivity contribution in [3.63, 3.8) is 0 Å². The fourth-order valence-corrected chi connectivity index (χ4v) is 0.692. The molecule has 0 aromatic heterocycles. The highest BCUT2D eigenvalue weighted by molar-refractivity contribution is 5.76. The first-order chi connectivity index (χ1) is 5.75. The van der Waals surface area contributed by atoms with Crippen LogP contribution in [-0.4, -0.2) is 18.6 Å². The van der Waals surface area contributed by atoms with Gasteiger partial charge in [-0.05, 0) is 11.3 Å². The summed E-state index contributed by atoms with van der Waals surface area (Å²) in [4.78, 5) is 11.3. The Bertz CT molecular complexity index is 170. The van der Waals surface area contributed by atoms with Gasteiger partial charge in [-0.15, -0.1) is 0 Å². The molecule has 0 fully saturated rings. The van der Waals surface area contributed by atoms with Gasteiger partial charge in [0.05, 0.1) is 6.61 Å². The minimum absolute atomic E-state index is 0.228. The number of carbonyl (C=O) groups excluding carboxylic acids is 1. The van der Waals surface area contributed by atoms with Crippen LogP contribution in [-0.2, 0) is 9.53 Å². The molecule has 1 atom stereocenters. The number of ether oxygens (including phenoxy) is 1. The highest BCUT2D eigenvalue weighted by Crippen LogP contribution is 2.18. The smallest absolute Gasteiger partial charge is 0.323 e. The van der Waals surface area contributed by atoms with Gasteiger partial charge < -0.3 is 10.5 Å². The fourth-order valence-electron chi connectivity index (χ4n) is 0.692. The predicted molar refractivity (Wildman–Crippen MR) is 53.2 cm³/mol. The van der Waals surface area contributed by atoms with Crippen LogP contribution >= 0.6 is 0 Å². The van der Waals surface area contributed by atoms with Gasteiger partial charge in [-0.3, -0.25) is 4.79 Å². The fraction of sp³-hybridized carbons (Fsp3) is 0.900. The monoisotopic (exact) mass is 187 g/mol. The van der Waals surface area contributed by atoms with Gasteiger partial charge in [-0.1, -0.05) is 34.6 Å². The van der Waals surface area contributed by atoms with Crippen molar-refractivity contribution in [1.82, 2.24) is 0 Å². The van der Waals surface area contributed by atoms with Crippen molar-refractivity contribution in [2.24, 2.45) is 17.1 Å². The van der Waals surface area contributed by atoms with E-state index in [1.54, 1.807) is 0 Å². The van der Waals surface area contributed by atoms with Gasteiger partial charge in [-0.2, -0.15) is 0 Å². The Balaban J connectivity index is 3.98. The van der Waals surface area contributed by atoms with Crippen molar-refractivity contribution < 1.29 is 9.53 Å². The second kappa shape index (κ2) is 4.61. The van der Waals surface area contributed by atoms with Crippen molar-refractivity contribution in [2.45, 2.75) is 40.7 Å². The SMILES string of the molecule is CC(C)COC(=O)[C@@H](N)C(C)(C)C. The Morgan fingerprint density at radius 3 is 2.15 bits per heavy atom. The van der Waals surface area contributed by atoms with Crippen molar-refractivity contribution in [2.75, 3.05) is 6.61 Å². The third-order valence-electron chi connectivity index (χ3n) is 1.75. The van der Waals surface area contributed by atoms with E-state index in [2.05, 4.69) is 0 Å². The minimum atomic E-state index is -0.536. The van der Waals surface area contributed by atoms with Crippen LogP contribution in [0.2, 0.25) is 0 Å². The number of esters is 1. The number of hydrogen-bond donors (Lipinski definition) is 1. The summed E-state index contributed by atoms with van der Waals surface area (Å²) in [7, 11) is 0. The van der Waals surface area contributed by atoms with E-state index in [4.69, 9.17) is 10.5 Å². The highest BCUT2D eigenvalue weighted by Gasteiger charge is 2.28. The van der Waals surface area contributed by atoms with E-state index in [1.807, 2.05) is 34.6 Å². The molecule has 0 radical (unpaired) electrons. The summed E-state index contributed by atoms with van der Waals surface area (Å²) in [6, 6.07) is -0.536. The molecule has 2 N–H and O–H groups in total. The molecule has 0 aliphatic carbocycles. The van der Waals surface area contributed by atoms with Crippen LogP contribution in [0.15, 0.2) is 0 Å². The molecule has 0 saturated carbocycles. The molecule has 78 valence electrons. The highest BCUT2D eigenvalue weighted by atomic mass is 16.5. The van der Waals surface area contributed by atoms with Gasteiger partial charge in [0.1, 0.15) is 6.04 Å². The van der Waals surface area contributed by atoms with E-state index in [1.165, 1.54) is 0 Å². The summed E-state index contributed by atoms with van der Waals surface area (Å²) in [5.74, 6) is 0.0531. The lowest BCUT2D eigenvalue weighted by atomic mass is 9.87. The molecule has 0 rings (SSSR count). The maximum absolute atomic E-state index is 11.3. The third kappa shape index (κ3) is 4.88. The molecule has 13 heavy (non-hydrogen) atoms. The molecule has 0 aromatic rings. The lowest BCUT2D eigenvalue weighted by molar-refractivity contribution is -0.148. The normalized spacial score (nSPS) is 14.4. The molecule has 0 heterocycles. The van der Waals surface area contributed by atoms with Crippen molar-refractivity contribution in [3.8, 4) is 0 Å². The van der Waals surface area contributed by atoms with Crippen molar-refractivity contribution in [3.05, 3.63) is 0 Å². The van der Waals surface area contributed by atoms with E-state index >= 15 is 0 Å².